The van der Waals surface area contributed by atoms with Gasteiger partial charge >= 0.3 is 29.6 Å². The molecule has 0 aromatic heterocycles. The van der Waals surface area contributed by atoms with E-state index >= 15 is 0 Å². The molecule has 30 heavy (non-hydrogen) atoms. The van der Waals surface area contributed by atoms with Gasteiger partial charge in [-0.3, -0.25) is 4.55 Å². The second kappa shape index (κ2) is 14.1. The first-order chi connectivity index (χ1) is 13.9. The third-order valence-electron chi connectivity index (χ3n) is 4.95. The first kappa shape index (κ1) is 27.0. The van der Waals surface area contributed by atoms with Crippen LogP contribution in [-0.4, -0.2) is 13.0 Å². The van der Waals surface area contributed by atoms with E-state index in [1.54, 1.807) is 24.3 Å². The SMILES string of the molecule is CCCCCCCCCCCc1c([O-])ccc(S(=O)(=O)O)c1Oc1ccccc1.[Na+]. The van der Waals surface area contributed by atoms with Crippen molar-refractivity contribution < 1.29 is 52.4 Å². The van der Waals surface area contributed by atoms with Crippen LogP contribution in [0.15, 0.2) is 47.4 Å². The Morgan fingerprint density at radius 3 is 2.00 bits per heavy atom. The molecular weight excluding hydrogens is 411 g/mol. The Kier molecular flexibility index (Phi) is 12.7. The van der Waals surface area contributed by atoms with Crippen LogP contribution in [0.3, 0.4) is 0 Å². The number of unbranched alkanes of at least 4 members (excludes halogenated alkanes) is 8. The van der Waals surface area contributed by atoms with Gasteiger partial charge in [-0.15, -0.1) is 5.75 Å². The molecule has 0 radical (unpaired) electrons. The standard InChI is InChI=1S/C23H32O5S.Na/c1-2-3-4-5-6-7-8-9-13-16-20-21(24)17-18-22(29(25,26)27)23(20)28-19-14-11-10-12-15-19;/h10-12,14-15,17-18,24H,2-9,13,16H2,1H3,(H,25,26,27);/q;+1/p-1. The number of benzene rings is 2. The topological polar surface area (TPSA) is 86.7 Å². The van der Waals surface area contributed by atoms with Gasteiger partial charge < -0.3 is 9.84 Å². The third kappa shape index (κ3) is 8.98. The van der Waals surface area contributed by atoms with E-state index in [1.165, 1.54) is 44.6 Å². The molecule has 0 unspecified atom stereocenters. The number of ether oxygens (including phenoxy) is 1. The minimum absolute atomic E-state index is 0. The van der Waals surface area contributed by atoms with Crippen molar-refractivity contribution in [3.8, 4) is 17.2 Å². The van der Waals surface area contributed by atoms with Crippen molar-refractivity contribution in [2.45, 2.75) is 76.0 Å². The van der Waals surface area contributed by atoms with Crippen molar-refractivity contribution in [1.82, 2.24) is 0 Å². The molecule has 0 aliphatic heterocycles. The van der Waals surface area contributed by atoms with Crippen molar-refractivity contribution in [2.75, 3.05) is 0 Å². The van der Waals surface area contributed by atoms with Crippen LogP contribution in [0.1, 0.15) is 70.3 Å². The summed E-state index contributed by atoms with van der Waals surface area (Å²) in [4.78, 5) is -0.369. The van der Waals surface area contributed by atoms with Crippen LogP contribution in [0.4, 0.5) is 0 Å². The van der Waals surface area contributed by atoms with E-state index in [0.717, 1.165) is 25.3 Å². The molecule has 160 valence electrons. The molecular formula is C23H31NaO5S. The Morgan fingerprint density at radius 2 is 1.43 bits per heavy atom. The van der Waals surface area contributed by atoms with Crippen LogP contribution >= 0.6 is 0 Å². The summed E-state index contributed by atoms with van der Waals surface area (Å²) in [5.41, 5.74) is 0.298. The molecule has 0 fully saturated rings. The molecule has 0 spiro atoms. The molecule has 7 heteroatoms. The third-order valence-corrected chi connectivity index (χ3v) is 5.83. The van der Waals surface area contributed by atoms with E-state index in [4.69, 9.17) is 4.74 Å². The molecule has 0 heterocycles. The fraction of sp³-hybridized carbons (Fsp3) is 0.478. The smallest absolute Gasteiger partial charge is 0.872 e. The zero-order valence-corrected chi connectivity index (χ0v) is 20.9. The minimum Gasteiger partial charge on any atom is -0.872 e. The van der Waals surface area contributed by atoms with Crippen LogP contribution in [0, 0.1) is 0 Å². The van der Waals surface area contributed by atoms with Crippen molar-refractivity contribution in [3.05, 3.63) is 48.0 Å². The van der Waals surface area contributed by atoms with Crippen LogP contribution in [0.25, 0.3) is 0 Å². The van der Waals surface area contributed by atoms with Gasteiger partial charge in [0.15, 0.2) is 5.75 Å². The molecule has 0 aliphatic carbocycles. The molecule has 0 bridgehead atoms. The molecule has 5 nitrogen and oxygen atoms in total. The van der Waals surface area contributed by atoms with Crippen LogP contribution < -0.4 is 39.4 Å². The number of hydrogen-bond donors (Lipinski definition) is 1. The summed E-state index contributed by atoms with van der Waals surface area (Å²) in [7, 11) is -4.51. The van der Waals surface area contributed by atoms with Gasteiger partial charge in [0, 0.05) is 0 Å². The fourth-order valence-electron chi connectivity index (χ4n) is 3.36. The average Bonchev–Trinajstić information content (AvgIpc) is 2.68. The van der Waals surface area contributed by atoms with Crippen LogP contribution in [0.2, 0.25) is 0 Å². The molecule has 2 rings (SSSR count). The Balaban J connectivity index is 0.00000450. The molecule has 2 aromatic carbocycles. The van der Waals surface area contributed by atoms with Gasteiger partial charge in [0.05, 0.1) is 0 Å². The molecule has 0 amide bonds. The minimum atomic E-state index is -4.51. The molecule has 0 saturated heterocycles. The maximum Gasteiger partial charge on any atom is 1.00 e. The second-order valence-corrected chi connectivity index (χ2v) is 8.73. The monoisotopic (exact) mass is 442 g/mol. The molecule has 0 saturated carbocycles. The fourth-order valence-corrected chi connectivity index (χ4v) is 4.00. The van der Waals surface area contributed by atoms with Crippen molar-refractivity contribution >= 4 is 10.1 Å². The molecule has 0 atom stereocenters. The van der Waals surface area contributed by atoms with Gasteiger partial charge in [-0.2, -0.15) is 8.42 Å². The Bertz CT molecular complexity index is 853. The van der Waals surface area contributed by atoms with Gasteiger partial charge in [0.2, 0.25) is 0 Å². The zero-order chi connectivity index (χ0) is 21.1. The second-order valence-electron chi connectivity index (χ2n) is 7.34. The first-order valence-corrected chi connectivity index (χ1v) is 11.9. The van der Waals surface area contributed by atoms with E-state index < -0.39 is 10.1 Å². The summed E-state index contributed by atoms with van der Waals surface area (Å²) < 4.78 is 38.9. The quantitative estimate of drug-likeness (QED) is 0.293. The predicted molar refractivity (Wildman–Crippen MR) is 113 cm³/mol. The van der Waals surface area contributed by atoms with Gasteiger partial charge in [0.25, 0.3) is 10.1 Å². The number of rotatable bonds is 13. The Hall–Kier alpha value is -1.05. The Labute approximate surface area is 202 Å². The summed E-state index contributed by atoms with van der Waals surface area (Å²) in [6.07, 6.45) is 10.7. The summed E-state index contributed by atoms with van der Waals surface area (Å²) in [5.74, 6) is 0.0741. The van der Waals surface area contributed by atoms with Gasteiger partial charge in [0.1, 0.15) is 10.6 Å². The van der Waals surface area contributed by atoms with E-state index in [0.29, 0.717) is 17.7 Å². The van der Waals surface area contributed by atoms with E-state index in [1.807, 2.05) is 6.07 Å². The van der Waals surface area contributed by atoms with Gasteiger partial charge in [-0.25, -0.2) is 0 Å². The Morgan fingerprint density at radius 1 is 0.867 bits per heavy atom. The van der Waals surface area contributed by atoms with Gasteiger partial charge in [-0.1, -0.05) is 82.6 Å². The number of para-hydroxylation sites is 1. The molecule has 1 N–H and O–H groups in total. The van der Waals surface area contributed by atoms with E-state index in [9.17, 15) is 18.1 Å². The number of hydrogen-bond acceptors (Lipinski definition) is 4. The zero-order valence-electron chi connectivity index (χ0n) is 18.1. The summed E-state index contributed by atoms with van der Waals surface area (Å²) in [5, 5.41) is 12.4. The van der Waals surface area contributed by atoms with Gasteiger partial charge in [-0.05, 0) is 36.6 Å². The van der Waals surface area contributed by atoms with Crippen LogP contribution in [0.5, 0.6) is 17.2 Å². The summed E-state index contributed by atoms with van der Waals surface area (Å²) >= 11 is 0. The summed E-state index contributed by atoms with van der Waals surface area (Å²) in [6, 6.07) is 11.0. The maximum absolute atomic E-state index is 12.4. The largest absolute Gasteiger partial charge is 1.00 e. The summed E-state index contributed by atoms with van der Waals surface area (Å²) in [6.45, 7) is 2.21. The average molecular weight is 443 g/mol. The van der Waals surface area contributed by atoms with Crippen molar-refractivity contribution in [2.24, 2.45) is 0 Å². The molecule has 0 aliphatic rings. The van der Waals surface area contributed by atoms with E-state index in [2.05, 4.69) is 6.92 Å². The van der Waals surface area contributed by atoms with E-state index in [-0.39, 0.29) is 46.0 Å². The molecule has 2 aromatic rings. The van der Waals surface area contributed by atoms with Crippen molar-refractivity contribution in [3.63, 3.8) is 0 Å². The normalized spacial score (nSPS) is 11.1. The van der Waals surface area contributed by atoms with Crippen LogP contribution in [-0.2, 0) is 16.5 Å². The predicted octanol–water partition coefficient (Wildman–Crippen LogP) is 2.88. The maximum atomic E-state index is 12.4. The first-order valence-electron chi connectivity index (χ1n) is 10.5. The van der Waals surface area contributed by atoms with Crippen molar-refractivity contribution in [1.29, 1.82) is 0 Å².